The number of rotatable bonds is 6. The van der Waals surface area contributed by atoms with Gasteiger partial charge in [-0.2, -0.15) is 0 Å². The van der Waals surface area contributed by atoms with E-state index in [1.165, 1.54) is 0 Å². The van der Waals surface area contributed by atoms with E-state index in [9.17, 15) is 4.79 Å². The fraction of sp³-hybridized carbons (Fsp3) is 0.533. The lowest BCUT2D eigenvalue weighted by Crippen LogP contribution is -2.45. The van der Waals surface area contributed by atoms with E-state index in [0.717, 1.165) is 29.9 Å². The molecule has 0 aromatic heterocycles. The summed E-state index contributed by atoms with van der Waals surface area (Å²) in [4.78, 5) is 12.3. The Morgan fingerprint density at radius 1 is 1.30 bits per heavy atom. The first-order valence-corrected chi connectivity index (χ1v) is 7.02. The predicted octanol–water partition coefficient (Wildman–Crippen LogP) is 1.80. The molecule has 1 heterocycles. The number of benzene rings is 1. The van der Waals surface area contributed by atoms with Crippen molar-refractivity contribution in [2.45, 2.75) is 33.2 Å². The van der Waals surface area contributed by atoms with E-state index < -0.39 is 5.41 Å². The highest BCUT2D eigenvalue weighted by atomic mass is 16.7. The Kier molecular flexibility index (Phi) is 4.49. The highest BCUT2D eigenvalue weighted by Gasteiger charge is 2.32. The minimum absolute atomic E-state index is 0.0164. The van der Waals surface area contributed by atoms with E-state index in [4.69, 9.17) is 15.2 Å². The van der Waals surface area contributed by atoms with Gasteiger partial charge < -0.3 is 20.5 Å². The number of amides is 1. The lowest BCUT2D eigenvalue weighted by molar-refractivity contribution is -0.131. The molecule has 5 heteroatoms. The predicted molar refractivity (Wildman–Crippen MR) is 76.5 cm³/mol. The van der Waals surface area contributed by atoms with Crippen LogP contribution in [0.25, 0.3) is 0 Å². The number of hydrogen-bond donors (Lipinski definition) is 2. The van der Waals surface area contributed by atoms with Gasteiger partial charge in [-0.25, -0.2) is 0 Å². The van der Waals surface area contributed by atoms with Crippen LogP contribution in [0.4, 0.5) is 0 Å². The van der Waals surface area contributed by atoms with Crippen LogP contribution >= 0.6 is 0 Å². The van der Waals surface area contributed by atoms with Crippen molar-refractivity contribution in [3.63, 3.8) is 0 Å². The van der Waals surface area contributed by atoms with Crippen LogP contribution < -0.4 is 20.5 Å². The normalized spacial score (nSPS) is 13.3. The van der Waals surface area contributed by atoms with E-state index >= 15 is 0 Å². The quantitative estimate of drug-likeness (QED) is 0.832. The SMILES string of the molecule is CCC(CC)(CN)C(=O)NCc1ccc2c(c1)OCO2. The maximum Gasteiger partial charge on any atom is 0.231 e. The Bertz CT molecular complexity index is 476. The third-order valence-corrected chi connectivity index (χ3v) is 4.12. The third kappa shape index (κ3) is 2.72. The van der Waals surface area contributed by atoms with Gasteiger partial charge in [-0.15, -0.1) is 0 Å². The molecule has 0 unspecified atom stereocenters. The molecule has 0 aliphatic carbocycles. The summed E-state index contributed by atoms with van der Waals surface area (Å²) >= 11 is 0. The number of hydrogen-bond acceptors (Lipinski definition) is 4. The fourth-order valence-electron chi connectivity index (χ4n) is 2.37. The minimum Gasteiger partial charge on any atom is -0.454 e. The molecule has 5 nitrogen and oxygen atoms in total. The van der Waals surface area contributed by atoms with Gasteiger partial charge in [-0.3, -0.25) is 4.79 Å². The van der Waals surface area contributed by atoms with Crippen LogP contribution in [0.3, 0.4) is 0 Å². The molecule has 1 amide bonds. The van der Waals surface area contributed by atoms with Crippen molar-refractivity contribution < 1.29 is 14.3 Å². The molecule has 3 N–H and O–H groups in total. The summed E-state index contributed by atoms with van der Waals surface area (Å²) in [6, 6.07) is 5.68. The fourth-order valence-corrected chi connectivity index (χ4v) is 2.37. The molecule has 1 aromatic rings. The Morgan fingerprint density at radius 3 is 2.65 bits per heavy atom. The molecule has 1 aliphatic heterocycles. The molecular formula is C15H22N2O3. The van der Waals surface area contributed by atoms with Crippen molar-refractivity contribution in [2.75, 3.05) is 13.3 Å². The van der Waals surface area contributed by atoms with Crippen LogP contribution in [0.2, 0.25) is 0 Å². The molecule has 2 rings (SSSR count). The maximum atomic E-state index is 12.3. The second-order valence-corrected chi connectivity index (χ2v) is 5.06. The van der Waals surface area contributed by atoms with Crippen LogP contribution in [0.15, 0.2) is 18.2 Å². The van der Waals surface area contributed by atoms with Crippen molar-refractivity contribution in [3.05, 3.63) is 23.8 Å². The lowest BCUT2D eigenvalue weighted by Gasteiger charge is -2.28. The molecule has 0 fully saturated rings. The average molecular weight is 278 g/mol. The van der Waals surface area contributed by atoms with Gasteiger partial charge in [0.05, 0.1) is 5.41 Å². The van der Waals surface area contributed by atoms with Gasteiger partial charge in [0.25, 0.3) is 0 Å². The number of ether oxygens (including phenoxy) is 2. The minimum atomic E-state index is -0.462. The second-order valence-electron chi connectivity index (χ2n) is 5.06. The first-order chi connectivity index (χ1) is 9.65. The maximum absolute atomic E-state index is 12.3. The zero-order valence-corrected chi connectivity index (χ0v) is 12.1. The first kappa shape index (κ1) is 14.7. The van der Waals surface area contributed by atoms with E-state index in [1.54, 1.807) is 0 Å². The Labute approximate surface area is 119 Å². The Hall–Kier alpha value is -1.75. The zero-order chi connectivity index (χ0) is 14.6. The van der Waals surface area contributed by atoms with Crippen LogP contribution in [0.1, 0.15) is 32.3 Å². The molecule has 0 atom stereocenters. The lowest BCUT2D eigenvalue weighted by atomic mass is 9.81. The van der Waals surface area contributed by atoms with Gasteiger partial charge >= 0.3 is 0 Å². The van der Waals surface area contributed by atoms with Crippen LogP contribution in [-0.2, 0) is 11.3 Å². The summed E-state index contributed by atoms with van der Waals surface area (Å²) in [7, 11) is 0. The standard InChI is InChI=1S/C15H22N2O3/c1-3-15(4-2,9-16)14(18)17-8-11-5-6-12-13(7-11)20-10-19-12/h5-7H,3-4,8-10,16H2,1-2H3,(H,17,18). The largest absolute Gasteiger partial charge is 0.454 e. The van der Waals surface area contributed by atoms with E-state index in [1.807, 2.05) is 32.0 Å². The summed E-state index contributed by atoms with van der Waals surface area (Å²) < 4.78 is 10.6. The molecule has 0 bridgehead atoms. The number of carbonyl (C=O) groups excluding carboxylic acids is 1. The van der Waals surface area contributed by atoms with Crippen LogP contribution in [-0.4, -0.2) is 19.2 Å². The van der Waals surface area contributed by atoms with Gasteiger partial charge in [0.15, 0.2) is 11.5 Å². The molecule has 0 saturated heterocycles. The topological polar surface area (TPSA) is 73.6 Å². The summed E-state index contributed by atoms with van der Waals surface area (Å²) in [6.07, 6.45) is 1.49. The average Bonchev–Trinajstić information content (AvgIpc) is 2.95. The molecule has 1 aromatic carbocycles. The van der Waals surface area contributed by atoms with Gasteiger partial charge in [0, 0.05) is 13.1 Å². The summed E-state index contributed by atoms with van der Waals surface area (Å²) in [5, 5.41) is 2.97. The Morgan fingerprint density at radius 2 is 2.00 bits per heavy atom. The highest BCUT2D eigenvalue weighted by Crippen LogP contribution is 2.32. The second kappa shape index (κ2) is 6.13. The molecule has 1 aliphatic rings. The molecule has 110 valence electrons. The highest BCUT2D eigenvalue weighted by molar-refractivity contribution is 5.82. The summed E-state index contributed by atoms with van der Waals surface area (Å²) in [5.74, 6) is 1.49. The smallest absolute Gasteiger partial charge is 0.231 e. The molecular weight excluding hydrogens is 256 g/mol. The zero-order valence-electron chi connectivity index (χ0n) is 12.1. The van der Waals surface area contributed by atoms with Crippen molar-refractivity contribution >= 4 is 5.91 Å². The van der Waals surface area contributed by atoms with Gasteiger partial charge in [-0.05, 0) is 30.5 Å². The third-order valence-electron chi connectivity index (χ3n) is 4.12. The van der Waals surface area contributed by atoms with E-state index in [2.05, 4.69) is 5.32 Å². The van der Waals surface area contributed by atoms with E-state index in [-0.39, 0.29) is 12.7 Å². The van der Waals surface area contributed by atoms with Gasteiger partial charge in [0.2, 0.25) is 12.7 Å². The van der Waals surface area contributed by atoms with Crippen LogP contribution in [0, 0.1) is 5.41 Å². The molecule has 0 saturated carbocycles. The van der Waals surface area contributed by atoms with Crippen LogP contribution in [0.5, 0.6) is 11.5 Å². The molecule has 0 radical (unpaired) electrons. The monoisotopic (exact) mass is 278 g/mol. The van der Waals surface area contributed by atoms with E-state index in [0.29, 0.717) is 13.1 Å². The Balaban J connectivity index is 1.99. The number of nitrogens with two attached hydrogens (primary N) is 1. The molecule has 0 spiro atoms. The summed E-state index contributed by atoms with van der Waals surface area (Å²) in [5.41, 5.74) is 6.30. The van der Waals surface area contributed by atoms with Gasteiger partial charge in [-0.1, -0.05) is 19.9 Å². The summed E-state index contributed by atoms with van der Waals surface area (Å²) in [6.45, 7) is 5.09. The van der Waals surface area contributed by atoms with Crippen molar-refractivity contribution in [1.29, 1.82) is 0 Å². The number of carbonyl (C=O) groups is 1. The van der Waals surface area contributed by atoms with Crippen molar-refractivity contribution in [3.8, 4) is 11.5 Å². The van der Waals surface area contributed by atoms with Crippen molar-refractivity contribution in [1.82, 2.24) is 5.32 Å². The first-order valence-electron chi connectivity index (χ1n) is 7.02. The van der Waals surface area contributed by atoms with Crippen molar-refractivity contribution in [2.24, 2.45) is 11.1 Å². The van der Waals surface area contributed by atoms with Gasteiger partial charge in [0.1, 0.15) is 0 Å². The number of nitrogens with one attached hydrogen (secondary N) is 1. The number of fused-ring (bicyclic) bond motifs is 1. The molecule has 20 heavy (non-hydrogen) atoms.